The molecule has 1 aliphatic rings. The van der Waals surface area contributed by atoms with Crippen molar-refractivity contribution in [1.29, 1.82) is 0 Å². The van der Waals surface area contributed by atoms with Crippen LogP contribution in [0.5, 0.6) is 0 Å². The summed E-state index contributed by atoms with van der Waals surface area (Å²) in [7, 11) is 0. The molecule has 0 unspecified atom stereocenters. The lowest BCUT2D eigenvalue weighted by Gasteiger charge is -2.23. The summed E-state index contributed by atoms with van der Waals surface area (Å²) in [5.41, 5.74) is 0. The van der Waals surface area contributed by atoms with Crippen LogP contribution in [0, 0.1) is 0 Å². The van der Waals surface area contributed by atoms with Crippen LogP contribution in [-0.4, -0.2) is 52.9 Å². The average Bonchev–Trinajstić information content (AvgIpc) is 2.95. The van der Waals surface area contributed by atoms with Crippen molar-refractivity contribution < 1.29 is 24.8 Å². The van der Waals surface area contributed by atoms with Crippen LogP contribution in [-0.2, 0) is 9.47 Å². The van der Waals surface area contributed by atoms with Gasteiger partial charge in [-0.2, -0.15) is 0 Å². The number of aliphatic hydroxyl groups is 3. The number of allylic oxidation sites excluding steroid dienone is 1. The predicted octanol–water partition coefficient (Wildman–Crippen LogP) is 3.31. The third kappa shape index (κ3) is 9.59. The quantitative estimate of drug-likeness (QED) is 0.309. The van der Waals surface area contributed by atoms with E-state index < -0.39 is 24.4 Å². The molecular weight excluding hydrogens is 320 g/mol. The van der Waals surface area contributed by atoms with Gasteiger partial charge < -0.3 is 24.8 Å². The van der Waals surface area contributed by atoms with E-state index in [1.807, 2.05) is 6.08 Å². The lowest BCUT2D eigenvalue weighted by Crippen LogP contribution is -2.41. The molecule has 4 atom stereocenters. The molecule has 0 radical (unpaired) electrons. The summed E-state index contributed by atoms with van der Waals surface area (Å²) in [6.45, 7) is 2.07. The second-order valence-electron chi connectivity index (χ2n) is 7.06. The number of unbranched alkanes of at least 4 members (excludes halogenated alkanes) is 10. The average molecular weight is 359 g/mol. The molecule has 1 rings (SSSR count). The molecule has 0 aromatic rings. The molecular formula is C20H38O5. The minimum atomic E-state index is -1.01. The molecule has 5 heteroatoms. The summed E-state index contributed by atoms with van der Waals surface area (Å²) in [5, 5.41) is 28.6. The van der Waals surface area contributed by atoms with Gasteiger partial charge in [0.05, 0.1) is 19.5 Å². The van der Waals surface area contributed by atoms with Crippen molar-refractivity contribution >= 4 is 0 Å². The van der Waals surface area contributed by atoms with E-state index in [1.165, 1.54) is 57.8 Å². The Morgan fingerprint density at radius 3 is 2.12 bits per heavy atom. The fourth-order valence-electron chi connectivity index (χ4n) is 3.15. The Balaban J connectivity index is 1.97. The van der Waals surface area contributed by atoms with Crippen molar-refractivity contribution in [3.63, 3.8) is 0 Å². The monoisotopic (exact) mass is 358 g/mol. The van der Waals surface area contributed by atoms with Gasteiger partial charge in [0.15, 0.2) is 0 Å². The summed E-state index contributed by atoms with van der Waals surface area (Å²) >= 11 is 0. The first-order chi connectivity index (χ1) is 12.2. The van der Waals surface area contributed by atoms with Gasteiger partial charge in [-0.3, -0.25) is 0 Å². The summed E-state index contributed by atoms with van der Waals surface area (Å²) in [6.07, 6.45) is 14.4. The van der Waals surface area contributed by atoms with Gasteiger partial charge in [-0.05, 0) is 18.9 Å². The maximum Gasteiger partial charge on any atom is 0.149 e. The molecule has 148 valence electrons. The van der Waals surface area contributed by atoms with Crippen LogP contribution in [0.4, 0.5) is 0 Å². The molecule has 0 amide bonds. The van der Waals surface area contributed by atoms with Gasteiger partial charge >= 0.3 is 0 Å². The Hall–Kier alpha value is -0.620. The Labute approximate surface area is 153 Å². The SMILES string of the molecule is CCCCCCCCCCCC/C=C/O[C@H](CO)[C@@H]1OC[C@H](O)[C@@H]1O. The highest BCUT2D eigenvalue weighted by atomic mass is 16.6. The van der Waals surface area contributed by atoms with Gasteiger partial charge in [-0.1, -0.05) is 64.7 Å². The summed E-state index contributed by atoms with van der Waals surface area (Å²) in [4.78, 5) is 0. The molecule has 0 saturated carbocycles. The standard InChI is InChI=1S/C20H38O5/c1-2-3-4-5-6-7-8-9-10-11-12-13-14-24-18(15-21)20-19(23)17(22)16-25-20/h13-14,17-23H,2-12,15-16H2,1H3/b14-13+/t17-,18+,19-,20-/m0/s1. The van der Waals surface area contributed by atoms with Crippen LogP contribution in [0.1, 0.15) is 77.6 Å². The van der Waals surface area contributed by atoms with Crippen molar-refractivity contribution in [3.8, 4) is 0 Å². The summed E-state index contributed by atoms with van der Waals surface area (Å²) in [5.74, 6) is 0. The first kappa shape index (κ1) is 22.4. The van der Waals surface area contributed by atoms with Crippen molar-refractivity contribution in [2.75, 3.05) is 13.2 Å². The largest absolute Gasteiger partial charge is 0.493 e. The zero-order chi connectivity index (χ0) is 18.3. The van der Waals surface area contributed by atoms with E-state index in [0.29, 0.717) is 0 Å². The summed E-state index contributed by atoms with van der Waals surface area (Å²) < 4.78 is 10.7. The summed E-state index contributed by atoms with van der Waals surface area (Å²) in [6, 6.07) is 0. The molecule has 1 aliphatic heterocycles. The highest BCUT2D eigenvalue weighted by molar-refractivity contribution is 4.90. The molecule has 0 spiro atoms. The van der Waals surface area contributed by atoms with Crippen molar-refractivity contribution in [3.05, 3.63) is 12.3 Å². The molecule has 25 heavy (non-hydrogen) atoms. The van der Waals surface area contributed by atoms with Gasteiger partial charge in [0.25, 0.3) is 0 Å². The molecule has 0 aliphatic carbocycles. The van der Waals surface area contributed by atoms with Crippen LogP contribution >= 0.6 is 0 Å². The number of rotatable bonds is 15. The smallest absolute Gasteiger partial charge is 0.149 e. The minimum Gasteiger partial charge on any atom is -0.493 e. The molecule has 1 heterocycles. The Morgan fingerprint density at radius 1 is 1.00 bits per heavy atom. The fraction of sp³-hybridized carbons (Fsp3) is 0.900. The Kier molecular flexibility index (Phi) is 13.0. The van der Waals surface area contributed by atoms with Crippen LogP contribution in [0.2, 0.25) is 0 Å². The number of aliphatic hydroxyl groups excluding tert-OH is 3. The zero-order valence-corrected chi connectivity index (χ0v) is 15.8. The van der Waals surface area contributed by atoms with Crippen molar-refractivity contribution in [1.82, 2.24) is 0 Å². The topological polar surface area (TPSA) is 79.2 Å². The second kappa shape index (κ2) is 14.5. The van der Waals surface area contributed by atoms with Gasteiger partial charge in [-0.15, -0.1) is 0 Å². The highest BCUT2D eigenvalue weighted by Gasteiger charge is 2.40. The zero-order valence-electron chi connectivity index (χ0n) is 15.8. The predicted molar refractivity (Wildman–Crippen MR) is 99.3 cm³/mol. The van der Waals surface area contributed by atoms with Crippen LogP contribution in [0.15, 0.2) is 12.3 Å². The van der Waals surface area contributed by atoms with E-state index in [9.17, 15) is 15.3 Å². The lowest BCUT2D eigenvalue weighted by molar-refractivity contribution is -0.0737. The fourth-order valence-corrected chi connectivity index (χ4v) is 3.15. The first-order valence-electron chi connectivity index (χ1n) is 10.1. The molecule has 5 nitrogen and oxygen atoms in total. The van der Waals surface area contributed by atoms with Crippen LogP contribution in [0.3, 0.4) is 0 Å². The van der Waals surface area contributed by atoms with Crippen molar-refractivity contribution in [2.45, 2.75) is 102 Å². The number of hydrogen-bond donors (Lipinski definition) is 3. The highest BCUT2D eigenvalue weighted by Crippen LogP contribution is 2.19. The van der Waals surface area contributed by atoms with E-state index in [2.05, 4.69) is 6.92 Å². The first-order valence-corrected chi connectivity index (χ1v) is 10.1. The Morgan fingerprint density at radius 2 is 1.60 bits per heavy atom. The van der Waals surface area contributed by atoms with Gasteiger partial charge in [0.1, 0.15) is 24.4 Å². The van der Waals surface area contributed by atoms with Gasteiger partial charge in [-0.25, -0.2) is 0 Å². The Bertz CT molecular complexity index is 334. The number of ether oxygens (including phenoxy) is 2. The molecule has 1 saturated heterocycles. The second-order valence-corrected chi connectivity index (χ2v) is 7.06. The normalized spacial score (nSPS) is 24.9. The maximum absolute atomic E-state index is 9.77. The van der Waals surface area contributed by atoms with E-state index in [0.717, 1.165) is 12.8 Å². The van der Waals surface area contributed by atoms with Crippen LogP contribution < -0.4 is 0 Å². The third-order valence-corrected chi connectivity index (χ3v) is 4.81. The van der Waals surface area contributed by atoms with E-state index in [-0.39, 0.29) is 13.2 Å². The molecule has 0 aromatic heterocycles. The van der Waals surface area contributed by atoms with Crippen molar-refractivity contribution in [2.24, 2.45) is 0 Å². The molecule has 0 aromatic carbocycles. The maximum atomic E-state index is 9.77. The van der Waals surface area contributed by atoms with E-state index in [4.69, 9.17) is 9.47 Å². The van der Waals surface area contributed by atoms with E-state index in [1.54, 1.807) is 6.26 Å². The third-order valence-electron chi connectivity index (χ3n) is 4.81. The molecule has 3 N–H and O–H groups in total. The molecule has 0 bridgehead atoms. The molecule has 1 fully saturated rings. The lowest BCUT2D eigenvalue weighted by atomic mass is 10.1. The number of hydrogen-bond acceptors (Lipinski definition) is 5. The van der Waals surface area contributed by atoms with E-state index >= 15 is 0 Å². The van der Waals surface area contributed by atoms with Gasteiger partial charge in [0.2, 0.25) is 0 Å². The minimum absolute atomic E-state index is 0.0774. The van der Waals surface area contributed by atoms with Crippen LogP contribution in [0.25, 0.3) is 0 Å². The van der Waals surface area contributed by atoms with Gasteiger partial charge in [0, 0.05) is 0 Å².